The lowest BCUT2D eigenvalue weighted by molar-refractivity contribution is -0.0378. The minimum absolute atomic E-state index is 0.105. The molecule has 1 fully saturated rings. The van der Waals surface area contributed by atoms with E-state index in [0.717, 1.165) is 18.8 Å². The topological polar surface area (TPSA) is 99.8 Å². The number of ether oxygens (including phenoxy) is 1. The fourth-order valence-corrected chi connectivity index (χ4v) is 3.04. The number of morpholine rings is 1. The van der Waals surface area contributed by atoms with Gasteiger partial charge in [-0.2, -0.15) is 5.10 Å². The molecule has 2 N–H and O–H groups in total. The second-order valence-corrected chi connectivity index (χ2v) is 6.12. The van der Waals surface area contributed by atoms with Crippen molar-refractivity contribution in [1.82, 2.24) is 30.0 Å². The third-order valence-electron chi connectivity index (χ3n) is 4.36. The van der Waals surface area contributed by atoms with Gasteiger partial charge in [-0.15, -0.1) is 0 Å². The van der Waals surface area contributed by atoms with Crippen LogP contribution in [0.15, 0.2) is 29.1 Å². The van der Waals surface area contributed by atoms with Crippen molar-refractivity contribution in [1.29, 1.82) is 0 Å². The standard InChI is InChI=1S/C17H20N6O2/c1-2-14-19-16(22-21-14)13-9-23(7-8-25-13)10-15-18-12-6-4-3-5-11(12)17(24)20-15/h3-6,13H,2,7-10H2,1H3,(H,18,20,24)(H,19,21,22). The Hall–Kier alpha value is -2.58. The summed E-state index contributed by atoms with van der Waals surface area (Å²) in [5, 5.41) is 7.78. The molecular formula is C17H20N6O2. The fourth-order valence-electron chi connectivity index (χ4n) is 3.04. The molecule has 25 heavy (non-hydrogen) atoms. The van der Waals surface area contributed by atoms with Crippen molar-refractivity contribution >= 4 is 10.9 Å². The van der Waals surface area contributed by atoms with Gasteiger partial charge >= 0.3 is 0 Å². The van der Waals surface area contributed by atoms with E-state index >= 15 is 0 Å². The Morgan fingerprint density at radius 2 is 2.16 bits per heavy atom. The molecule has 3 heterocycles. The third-order valence-corrected chi connectivity index (χ3v) is 4.36. The van der Waals surface area contributed by atoms with Gasteiger partial charge in [-0.05, 0) is 12.1 Å². The van der Waals surface area contributed by atoms with E-state index in [1.54, 1.807) is 6.07 Å². The Morgan fingerprint density at radius 1 is 1.28 bits per heavy atom. The first-order chi connectivity index (χ1) is 12.2. The molecule has 1 atom stereocenters. The van der Waals surface area contributed by atoms with Crippen LogP contribution < -0.4 is 5.56 Å². The van der Waals surface area contributed by atoms with Crippen molar-refractivity contribution < 1.29 is 4.74 Å². The number of para-hydroxylation sites is 1. The molecule has 3 aromatic rings. The molecule has 0 bridgehead atoms. The monoisotopic (exact) mass is 340 g/mol. The van der Waals surface area contributed by atoms with Gasteiger partial charge in [0.05, 0.1) is 24.1 Å². The Bertz CT molecular complexity index is 934. The molecular weight excluding hydrogens is 320 g/mol. The van der Waals surface area contributed by atoms with Crippen LogP contribution in [0.5, 0.6) is 0 Å². The highest BCUT2D eigenvalue weighted by molar-refractivity contribution is 5.77. The maximum absolute atomic E-state index is 12.2. The number of hydrogen-bond donors (Lipinski definition) is 2. The summed E-state index contributed by atoms with van der Waals surface area (Å²) in [4.78, 5) is 26.3. The molecule has 0 radical (unpaired) electrons. The Labute approximate surface area is 144 Å². The molecule has 1 aromatic carbocycles. The molecule has 130 valence electrons. The quantitative estimate of drug-likeness (QED) is 0.740. The van der Waals surface area contributed by atoms with Gasteiger partial charge in [0, 0.05) is 19.5 Å². The van der Waals surface area contributed by atoms with Gasteiger partial charge in [0.2, 0.25) is 0 Å². The van der Waals surface area contributed by atoms with E-state index in [1.807, 2.05) is 25.1 Å². The summed E-state index contributed by atoms with van der Waals surface area (Å²) in [7, 11) is 0. The van der Waals surface area contributed by atoms with Crippen LogP contribution in [-0.2, 0) is 17.7 Å². The summed E-state index contributed by atoms with van der Waals surface area (Å²) in [6.07, 6.45) is 0.642. The van der Waals surface area contributed by atoms with Gasteiger partial charge < -0.3 is 9.72 Å². The highest BCUT2D eigenvalue weighted by atomic mass is 16.5. The smallest absolute Gasteiger partial charge is 0.258 e. The summed E-state index contributed by atoms with van der Waals surface area (Å²) < 4.78 is 5.80. The van der Waals surface area contributed by atoms with E-state index in [0.29, 0.717) is 42.2 Å². The number of aryl methyl sites for hydroxylation is 1. The van der Waals surface area contributed by atoms with Gasteiger partial charge in [0.25, 0.3) is 5.56 Å². The maximum atomic E-state index is 12.2. The number of nitrogens with one attached hydrogen (secondary N) is 2. The van der Waals surface area contributed by atoms with Gasteiger partial charge in [-0.1, -0.05) is 19.1 Å². The second kappa shape index (κ2) is 6.73. The molecule has 4 rings (SSSR count). The van der Waals surface area contributed by atoms with E-state index in [2.05, 4.69) is 30.0 Å². The van der Waals surface area contributed by atoms with Crippen LogP contribution in [0.1, 0.15) is 30.5 Å². The predicted octanol–water partition coefficient (Wildman–Crippen LogP) is 1.18. The van der Waals surface area contributed by atoms with E-state index in [1.165, 1.54) is 0 Å². The second-order valence-electron chi connectivity index (χ2n) is 6.12. The molecule has 0 aliphatic carbocycles. The van der Waals surface area contributed by atoms with Crippen molar-refractivity contribution in [2.75, 3.05) is 19.7 Å². The fraction of sp³-hybridized carbons (Fsp3) is 0.412. The van der Waals surface area contributed by atoms with Crippen LogP contribution in [0.25, 0.3) is 10.9 Å². The van der Waals surface area contributed by atoms with E-state index in [4.69, 9.17) is 4.74 Å². The third kappa shape index (κ3) is 3.31. The zero-order valence-corrected chi connectivity index (χ0v) is 14.0. The van der Waals surface area contributed by atoms with Crippen molar-refractivity contribution in [3.63, 3.8) is 0 Å². The van der Waals surface area contributed by atoms with Crippen LogP contribution in [-0.4, -0.2) is 49.7 Å². The lowest BCUT2D eigenvalue weighted by Gasteiger charge is -2.31. The minimum Gasteiger partial charge on any atom is -0.367 e. The number of aromatic nitrogens is 5. The summed E-state index contributed by atoms with van der Waals surface area (Å²) in [6.45, 7) is 4.62. The maximum Gasteiger partial charge on any atom is 0.258 e. The Kier molecular flexibility index (Phi) is 4.29. The molecule has 8 nitrogen and oxygen atoms in total. The molecule has 0 amide bonds. The molecule has 1 saturated heterocycles. The summed E-state index contributed by atoms with van der Waals surface area (Å²) in [6, 6.07) is 7.37. The van der Waals surface area contributed by atoms with Crippen LogP contribution in [0, 0.1) is 0 Å². The lowest BCUT2D eigenvalue weighted by atomic mass is 10.2. The molecule has 0 saturated carbocycles. The number of nitrogens with zero attached hydrogens (tertiary/aromatic N) is 4. The number of benzene rings is 1. The molecule has 0 spiro atoms. The summed E-state index contributed by atoms with van der Waals surface area (Å²) >= 11 is 0. The average molecular weight is 340 g/mol. The largest absolute Gasteiger partial charge is 0.367 e. The van der Waals surface area contributed by atoms with E-state index in [9.17, 15) is 4.79 Å². The average Bonchev–Trinajstić information content (AvgIpc) is 3.11. The van der Waals surface area contributed by atoms with E-state index in [-0.39, 0.29) is 11.7 Å². The zero-order chi connectivity index (χ0) is 17.2. The van der Waals surface area contributed by atoms with Crippen LogP contribution in [0.2, 0.25) is 0 Å². The first-order valence-corrected chi connectivity index (χ1v) is 8.46. The predicted molar refractivity (Wildman–Crippen MR) is 92.1 cm³/mol. The highest BCUT2D eigenvalue weighted by Gasteiger charge is 2.25. The molecule has 2 aromatic heterocycles. The number of hydrogen-bond acceptors (Lipinski definition) is 6. The number of H-pyrrole nitrogens is 2. The first kappa shape index (κ1) is 15.9. The van der Waals surface area contributed by atoms with Crippen molar-refractivity contribution in [3.05, 3.63) is 52.1 Å². The molecule has 8 heteroatoms. The lowest BCUT2D eigenvalue weighted by Crippen LogP contribution is -2.39. The Morgan fingerprint density at radius 3 is 3.00 bits per heavy atom. The summed E-state index contributed by atoms with van der Waals surface area (Å²) in [5.41, 5.74) is 0.611. The minimum atomic E-state index is -0.169. The number of aromatic amines is 2. The number of fused-ring (bicyclic) bond motifs is 1. The SMILES string of the molecule is CCc1nc(C2CN(Cc3nc4ccccc4c(=O)[nH]3)CCO2)n[nH]1. The zero-order valence-electron chi connectivity index (χ0n) is 14.0. The van der Waals surface area contributed by atoms with Gasteiger partial charge in [-0.3, -0.25) is 14.8 Å². The summed E-state index contributed by atoms with van der Waals surface area (Å²) in [5.74, 6) is 2.20. The Balaban J connectivity index is 1.51. The van der Waals surface area contributed by atoms with Gasteiger partial charge in [-0.25, -0.2) is 9.97 Å². The van der Waals surface area contributed by atoms with Crippen LogP contribution in [0.3, 0.4) is 0 Å². The number of rotatable bonds is 4. The highest BCUT2D eigenvalue weighted by Crippen LogP contribution is 2.20. The van der Waals surface area contributed by atoms with Crippen molar-refractivity contribution in [2.24, 2.45) is 0 Å². The van der Waals surface area contributed by atoms with Crippen LogP contribution in [0.4, 0.5) is 0 Å². The molecule has 1 unspecified atom stereocenters. The van der Waals surface area contributed by atoms with Crippen molar-refractivity contribution in [2.45, 2.75) is 26.0 Å². The molecule has 1 aliphatic heterocycles. The van der Waals surface area contributed by atoms with Gasteiger partial charge in [0.15, 0.2) is 5.82 Å². The van der Waals surface area contributed by atoms with Crippen LogP contribution >= 0.6 is 0 Å². The van der Waals surface area contributed by atoms with Crippen molar-refractivity contribution in [3.8, 4) is 0 Å². The van der Waals surface area contributed by atoms with E-state index < -0.39 is 0 Å². The van der Waals surface area contributed by atoms with Gasteiger partial charge in [0.1, 0.15) is 17.8 Å². The molecule has 1 aliphatic rings. The normalized spacial score (nSPS) is 18.7. The first-order valence-electron chi connectivity index (χ1n) is 8.46.